The predicted molar refractivity (Wildman–Crippen MR) is 117 cm³/mol. The van der Waals surface area contributed by atoms with Gasteiger partial charge in [0.15, 0.2) is 0 Å². The maximum atomic E-state index is 13.0. The first-order valence-corrected chi connectivity index (χ1v) is 11.2. The minimum absolute atomic E-state index is 0.0557. The maximum absolute atomic E-state index is 13.0. The molecule has 4 rings (SSSR count). The lowest BCUT2D eigenvalue weighted by Crippen LogP contribution is -2.71. The molecule has 1 spiro atoms. The van der Waals surface area contributed by atoms with Crippen LogP contribution in [-0.4, -0.2) is 61.8 Å². The summed E-state index contributed by atoms with van der Waals surface area (Å²) < 4.78 is 11.5. The van der Waals surface area contributed by atoms with Gasteiger partial charge < -0.3 is 25.0 Å². The molecule has 0 aromatic carbocycles. The molecule has 1 unspecified atom stereocenters. The van der Waals surface area contributed by atoms with E-state index >= 15 is 0 Å². The molecule has 1 aromatic rings. The summed E-state index contributed by atoms with van der Waals surface area (Å²) in [5.41, 5.74) is 1.12. The largest absolute Gasteiger partial charge is 0.476 e. The summed E-state index contributed by atoms with van der Waals surface area (Å²) in [7, 11) is 1.58. The van der Waals surface area contributed by atoms with E-state index in [2.05, 4.69) is 20.5 Å². The summed E-state index contributed by atoms with van der Waals surface area (Å²) in [4.78, 5) is 32.2. The van der Waals surface area contributed by atoms with Crippen LogP contribution in [-0.2, 0) is 9.53 Å². The van der Waals surface area contributed by atoms with Crippen molar-refractivity contribution in [2.45, 2.75) is 58.0 Å². The van der Waals surface area contributed by atoms with Gasteiger partial charge in [-0.1, -0.05) is 20.8 Å². The van der Waals surface area contributed by atoms with Crippen LogP contribution in [0.2, 0.25) is 0 Å². The van der Waals surface area contributed by atoms with E-state index < -0.39 is 6.04 Å². The van der Waals surface area contributed by atoms with Crippen LogP contribution in [0.3, 0.4) is 0 Å². The Labute approximate surface area is 184 Å². The van der Waals surface area contributed by atoms with E-state index in [9.17, 15) is 9.59 Å². The van der Waals surface area contributed by atoms with Crippen molar-refractivity contribution >= 4 is 17.5 Å². The van der Waals surface area contributed by atoms with E-state index in [4.69, 9.17) is 9.47 Å². The van der Waals surface area contributed by atoms with Crippen LogP contribution < -0.4 is 20.3 Å². The number of pyridine rings is 1. The molecule has 2 aliphatic heterocycles. The molecule has 170 valence electrons. The molecule has 3 fully saturated rings. The molecule has 8 nitrogen and oxygen atoms in total. The Balaban J connectivity index is 1.53. The molecule has 1 aromatic heterocycles. The van der Waals surface area contributed by atoms with E-state index in [1.165, 1.54) is 12.8 Å². The molecule has 0 bridgehead atoms. The first-order chi connectivity index (χ1) is 14.7. The fourth-order valence-electron chi connectivity index (χ4n) is 4.13. The number of aromatic nitrogens is 1. The summed E-state index contributed by atoms with van der Waals surface area (Å²) in [6.07, 6.45) is 3.98. The first kappa shape index (κ1) is 21.9. The van der Waals surface area contributed by atoms with E-state index in [1.807, 2.05) is 26.8 Å². The van der Waals surface area contributed by atoms with E-state index in [-0.39, 0.29) is 28.5 Å². The zero-order valence-electron chi connectivity index (χ0n) is 19.0. The molecule has 2 saturated heterocycles. The number of anilines is 1. The minimum Gasteiger partial charge on any atom is -0.476 e. The van der Waals surface area contributed by atoms with Gasteiger partial charge in [-0.3, -0.25) is 9.59 Å². The molecular formula is C23H34N4O4. The highest BCUT2D eigenvalue weighted by Crippen LogP contribution is 2.44. The number of nitrogens with one attached hydrogen (secondary N) is 2. The molecule has 1 aliphatic carbocycles. The van der Waals surface area contributed by atoms with Gasteiger partial charge in [0.25, 0.3) is 5.91 Å². The number of amides is 2. The third kappa shape index (κ3) is 4.79. The number of hydrogen-bond acceptors (Lipinski definition) is 6. The van der Waals surface area contributed by atoms with E-state index in [1.54, 1.807) is 13.1 Å². The van der Waals surface area contributed by atoms with Gasteiger partial charge in [-0.05, 0) is 49.1 Å². The van der Waals surface area contributed by atoms with Crippen LogP contribution in [0.5, 0.6) is 5.88 Å². The molecule has 31 heavy (non-hydrogen) atoms. The van der Waals surface area contributed by atoms with Gasteiger partial charge in [-0.15, -0.1) is 0 Å². The lowest BCUT2D eigenvalue weighted by Gasteiger charge is -2.58. The van der Waals surface area contributed by atoms with Crippen LogP contribution in [0.4, 0.5) is 5.69 Å². The lowest BCUT2D eigenvalue weighted by atomic mass is 9.82. The third-order valence-electron chi connectivity index (χ3n) is 6.32. The fourth-order valence-corrected chi connectivity index (χ4v) is 4.13. The highest BCUT2D eigenvalue weighted by Gasteiger charge is 2.51. The Morgan fingerprint density at radius 3 is 2.58 bits per heavy atom. The highest BCUT2D eigenvalue weighted by molar-refractivity contribution is 5.96. The number of likely N-dealkylation sites (N-methyl/N-ethyl adjacent to an activating group) is 1. The van der Waals surface area contributed by atoms with Crippen LogP contribution in [0.25, 0.3) is 0 Å². The Morgan fingerprint density at radius 1 is 1.32 bits per heavy atom. The standard InChI is InChI=1S/C23H34N4O4/c1-22(2,3)11-17(19(28)24-4)25-20(29)16-7-8-18(21(26-16)31-12-15-5-6-15)27-10-9-23(27)13-30-14-23/h7-8,15,17H,5-6,9-14H2,1-4H3,(H,24,28)(H,25,29). The van der Waals surface area contributed by atoms with Gasteiger partial charge >= 0.3 is 0 Å². The molecule has 1 saturated carbocycles. The second-order valence-electron chi connectivity index (χ2n) is 10.3. The minimum atomic E-state index is -0.624. The molecule has 3 heterocycles. The van der Waals surface area contributed by atoms with Gasteiger partial charge in [0.05, 0.1) is 25.4 Å². The maximum Gasteiger partial charge on any atom is 0.270 e. The quantitative estimate of drug-likeness (QED) is 0.656. The zero-order valence-corrected chi connectivity index (χ0v) is 19.0. The summed E-state index contributed by atoms with van der Waals surface area (Å²) in [5, 5.41) is 5.50. The topological polar surface area (TPSA) is 92.8 Å². The number of hydrogen-bond donors (Lipinski definition) is 2. The second-order valence-corrected chi connectivity index (χ2v) is 10.3. The van der Waals surface area contributed by atoms with Crippen molar-refractivity contribution in [3.63, 3.8) is 0 Å². The number of carbonyl (C=O) groups is 2. The fraction of sp³-hybridized carbons (Fsp3) is 0.696. The Bertz CT molecular complexity index is 837. The number of nitrogens with zero attached hydrogens (tertiary/aromatic N) is 2. The second kappa shape index (κ2) is 8.30. The average molecular weight is 431 g/mol. The predicted octanol–water partition coefficient (Wildman–Crippen LogP) is 2.13. The number of rotatable bonds is 8. The summed E-state index contributed by atoms with van der Waals surface area (Å²) in [6.45, 7) is 9.11. The van der Waals surface area contributed by atoms with Crippen LogP contribution in [0.15, 0.2) is 12.1 Å². The van der Waals surface area contributed by atoms with Gasteiger partial charge in [0, 0.05) is 13.6 Å². The summed E-state index contributed by atoms with van der Waals surface area (Å²) in [5.74, 6) is 0.496. The highest BCUT2D eigenvalue weighted by atomic mass is 16.5. The zero-order chi connectivity index (χ0) is 22.2. The molecule has 8 heteroatoms. The smallest absolute Gasteiger partial charge is 0.270 e. The molecular weight excluding hydrogens is 396 g/mol. The Kier molecular flexibility index (Phi) is 5.85. The van der Waals surface area contributed by atoms with Crippen LogP contribution in [0, 0.1) is 11.3 Å². The summed E-state index contributed by atoms with van der Waals surface area (Å²) >= 11 is 0. The average Bonchev–Trinajstić information content (AvgIpc) is 3.47. The molecule has 2 amide bonds. The van der Waals surface area contributed by atoms with Crippen LogP contribution >= 0.6 is 0 Å². The van der Waals surface area contributed by atoms with E-state index in [0.717, 1.165) is 31.9 Å². The SMILES string of the molecule is CNC(=O)C(CC(C)(C)C)NC(=O)c1ccc(N2CCC23COC3)c(OCC2CC2)n1. The molecule has 0 radical (unpaired) electrons. The summed E-state index contributed by atoms with van der Waals surface area (Å²) in [6, 6.07) is 3.01. The van der Waals surface area contributed by atoms with Gasteiger partial charge in [0.2, 0.25) is 11.8 Å². The number of carbonyl (C=O) groups excluding carboxylic acids is 2. The van der Waals surface area contributed by atoms with Crippen molar-refractivity contribution in [3.8, 4) is 5.88 Å². The van der Waals surface area contributed by atoms with E-state index in [0.29, 0.717) is 24.8 Å². The molecule has 3 aliphatic rings. The number of ether oxygens (including phenoxy) is 2. The van der Waals surface area contributed by atoms with Crippen molar-refractivity contribution in [1.82, 2.24) is 15.6 Å². The van der Waals surface area contributed by atoms with Gasteiger partial charge in [0.1, 0.15) is 17.4 Å². The van der Waals surface area contributed by atoms with Crippen molar-refractivity contribution in [3.05, 3.63) is 17.8 Å². The molecule has 2 N–H and O–H groups in total. The normalized spacial score (nSPS) is 20.5. The van der Waals surface area contributed by atoms with Gasteiger partial charge in [-0.2, -0.15) is 0 Å². The Hall–Kier alpha value is -2.35. The van der Waals surface area contributed by atoms with Crippen molar-refractivity contribution < 1.29 is 19.1 Å². The van der Waals surface area contributed by atoms with Crippen molar-refractivity contribution in [1.29, 1.82) is 0 Å². The van der Waals surface area contributed by atoms with Gasteiger partial charge in [-0.25, -0.2) is 4.98 Å². The lowest BCUT2D eigenvalue weighted by molar-refractivity contribution is -0.123. The Morgan fingerprint density at radius 2 is 2.06 bits per heavy atom. The van der Waals surface area contributed by atoms with Crippen molar-refractivity contribution in [2.75, 3.05) is 38.3 Å². The monoisotopic (exact) mass is 430 g/mol. The first-order valence-electron chi connectivity index (χ1n) is 11.2. The van der Waals surface area contributed by atoms with Crippen LogP contribution in [0.1, 0.15) is 56.9 Å². The van der Waals surface area contributed by atoms with Crippen molar-refractivity contribution in [2.24, 2.45) is 11.3 Å². The third-order valence-corrected chi connectivity index (χ3v) is 6.32. The molecule has 1 atom stereocenters.